The predicted octanol–water partition coefficient (Wildman–Crippen LogP) is 4.60. The number of hydrogen-bond acceptors (Lipinski definition) is 2. The SMILES string of the molecule is C[C@H]1CCCC[C@H]1NC(=O)/C(C#N)=C\c1ccc(Cl)cc1Cl. The predicted molar refractivity (Wildman–Crippen MR) is 89.6 cm³/mol. The summed E-state index contributed by atoms with van der Waals surface area (Å²) in [6.07, 6.45) is 5.90. The molecule has 1 N–H and O–H groups in total. The Labute approximate surface area is 140 Å². The molecule has 0 saturated heterocycles. The highest BCUT2D eigenvalue weighted by Gasteiger charge is 2.24. The number of carbonyl (C=O) groups is 1. The summed E-state index contributed by atoms with van der Waals surface area (Å²) in [5.41, 5.74) is 0.663. The standard InChI is InChI=1S/C17H18Cl2N2O/c1-11-4-2-3-5-16(11)21-17(22)13(10-20)8-12-6-7-14(18)9-15(12)19/h6-9,11,16H,2-5H2,1H3,(H,21,22)/b13-8-/t11-,16+/m0/s1. The van der Waals surface area contributed by atoms with Gasteiger partial charge >= 0.3 is 0 Å². The Kier molecular flexibility index (Phi) is 5.88. The van der Waals surface area contributed by atoms with Gasteiger partial charge in [0.15, 0.2) is 0 Å². The molecule has 0 aliphatic heterocycles. The number of nitriles is 1. The third-order valence-corrected chi connectivity index (χ3v) is 4.62. The molecule has 0 spiro atoms. The summed E-state index contributed by atoms with van der Waals surface area (Å²) in [6.45, 7) is 2.13. The van der Waals surface area contributed by atoms with Gasteiger partial charge in [0.1, 0.15) is 11.6 Å². The van der Waals surface area contributed by atoms with Crippen molar-refractivity contribution in [2.75, 3.05) is 0 Å². The van der Waals surface area contributed by atoms with E-state index in [1.807, 2.05) is 6.07 Å². The lowest BCUT2D eigenvalue weighted by molar-refractivity contribution is -0.118. The fourth-order valence-corrected chi connectivity index (χ4v) is 3.16. The summed E-state index contributed by atoms with van der Waals surface area (Å²) in [6, 6.07) is 7.05. The average Bonchev–Trinajstić information content (AvgIpc) is 2.49. The highest BCUT2D eigenvalue weighted by Crippen LogP contribution is 2.25. The first-order chi connectivity index (χ1) is 10.5. The molecule has 0 bridgehead atoms. The van der Waals surface area contributed by atoms with Crippen LogP contribution < -0.4 is 5.32 Å². The summed E-state index contributed by atoms with van der Waals surface area (Å²) in [7, 11) is 0. The highest BCUT2D eigenvalue weighted by molar-refractivity contribution is 6.35. The van der Waals surface area contributed by atoms with E-state index in [4.69, 9.17) is 23.2 Å². The molecule has 1 aliphatic rings. The monoisotopic (exact) mass is 336 g/mol. The van der Waals surface area contributed by atoms with Crippen LogP contribution in [-0.4, -0.2) is 11.9 Å². The van der Waals surface area contributed by atoms with Crippen molar-refractivity contribution >= 4 is 35.2 Å². The molecule has 1 fully saturated rings. The van der Waals surface area contributed by atoms with Crippen LogP contribution in [0.25, 0.3) is 6.08 Å². The fourth-order valence-electron chi connectivity index (χ4n) is 2.70. The zero-order chi connectivity index (χ0) is 16.1. The van der Waals surface area contributed by atoms with E-state index in [0.717, 1.165) is 19.3 Å². The molecule has 0 aromatic heterocycles. The quantitative estimate of drug-likeness (QED) is 0.648. The van der Waals surface area contributed by atoms with Crippen molar-refractivity contribution < 1.29 is 4.79 Å². The number of nitrogens with zero attached hydrogens (tertiary/aromatic N) is 1. The lowest BCUT2D eigenvalue weighted by atomic mass is 9.86. The minimum atomic E-state index is -0.340. The summed E-state index contributed by atoms with van der Waals surface area (Å²) in [4.78, 5) is 12.3. The van der Waals surface area contributed by atoms with Gasteiger partial charge in [0.25, 0.3) is 5.91 Å². The maximum absolute atomic E-state index is 12.3. The molecule has 1 aromatic carbocycles. The van der Waals surface area contributed by atoms with Gasteiger partial charge in [-0.3, -0.25) is 4.79 Å². The van der Waals surface area contributed by atoms with E-state index in [1.165, 1.54) is 12.5 Å². The normalized spacial score (nSPS) is 22.0. The Balaban J connectivity index is 2.15. The summed E-state index contributed by atoms with van der Waals surface area (Å²) in [5, 5.41) is 13.2. The van der Waals surface area contributed by atoms with Crippen LogP contribution >= 0.6 is 23.2 Å². The molecule has 2 atom stereocenters. The van der Waals surface area contributed by atoms with E-state index in [1.54, 1.807) is 18.2 Å². The van der Waals surface area contributed by atoms with Gasteiger partial charge in [-0.05, 0) is 42.5 Å². The topological polar surface area (TPSA) is 52.9 Å². The van der Waals surface area contributed by atoms with Crippen molar-refractivity contribution in [3.05, 3.63) is 39.4 Å². The van der Waals surface area contributed by atoms with E-state index in [-0.39, 0.29) is 17.5 Å². The van der Waals surface area contributed by atoms with Crippen molar-refractivity contribution in [1.29, 1.82) is 5.26 Å². The number of nitrogens with one attached hydrogen (secondary N) is 1. The number of rotatable bonds is 3. The Bertz CT molecular complexity index is 634. The Hall–Kier alpha value is -1.50. The van der Waals surface area contributed by atoms with Gasteiger partial charge < -0.3 is 5.32 Å². The van der Waals surface area contributed by atoms with Crippen LogP contribution in [0.5, 0.6) is 0 Å². The molecule has 116 valence electrons. The molecular weight excluding hydrogens is 319 g/mol. The molecule has 1 saturated carbocycles. The lowest BCUT2D eigenvalue weighted by Crippen LogP contribution is -2.41. The second-order valence-corrected chi connectivity index (χ2v) is 6.52. The molecule has 3 nitrogen and oxygen atoms in total. The van der Waals surface area contributed by atoms with Gasteiger partial charge in [0, 0.05) is 16.1 Å². The lowest BCUT2D eigenvalue weighted by Gasteiger charge is -2.29. The largest absolute Gasteiger partial charge is 0.348 e. The van der Waals surface area contributed by atoms with Gasteiger partial charge in [-0.2, -0.15) is 5.26 Å². The van der Waals surface area contributed by atoms with Crippen LogP contribution in [0.3, 0.4) is 0 Å². The van der Waals surface area contributed by atoms with Gasteiger partial charge in [0.05, 0.1) is 0 Å². The minimum Gasteiger partial charge on any atom is -0.348 e. The Morgan fingerprint density at radius 3 is 2.73 bits per heavy atom. The van der Waals surface area contributed by atoms with Gasteiger partial charge in [-0.1, -0.05) is 49.0 Å². The van der Waals surface area contributed by atoms with Crippen molar-refractivity contribution in [2.45, 2.75) is 38.6 Å². The van der Waals surface area contributed by atoms with E-state index < -0.39 is 0 Å². The molecule has 0 unspecified atom stereocenters. The molecule has 22 heavy (non-hydrogen) atoms. The van der Waals surface area contributed by atoms with Crippen LogP contribution in [0.2, 0.25) is 10.0 Å². The van der Waals surface area contributed by atoms with E-state index in [0.29, 0.717) is 21.5 Å². The molecule has 0 radical (unpaired) electrons. The molecule has 1 aliphatic carbocycles. The number of amides is 1. The summed E-state index contributed by atoms with van der Waals surface area (Å²) in [5.74, 6) is 0.101. The van der Waals surface area contributed by atoms with Crippen LogP contribution in [0.15, 0.2) is 23.8 Å². The highest BCUT2D eigenvalue weighted by atomic mass is 35.5. The van der Waals surface area contributed by atoms with Gasteiger partial charge in [-0.25, -0.2) is 0 Å². The first-order valence-corrected chi connectivity index (χ1v) is 8.14. The first kappa shape index (κ1) is 16.9. The number of hydrogen-bond donors (Lipinski definition) is 1. The van der Waals surface area contributed by atoms with E-state index in [9.17, 15) is 10.1 Å². The Morgan fingerprint density at radius 2 is 2.09 bits per heavy atom. The van der Waals surface area contributed by atoms with Crippen molar-refractivity contribution in [3.63, 3.8) is 0 Å². The number of benzene rings is 1. The zero-order valence-electron chi connectivity index (χ0n) is 12.4. The Morgan fingerprint density at radius 1 is 1.36 bits per heavy atom. The maximum Gasteiger partial charge on any atom is 0.262 e. The second-order valence-electron chi connectivity index (χ2n) is 5.68. The smallest absolute Gasteiger partial charge is 0.262 e. The fraction of sp³-hybridized carbons (Fsp3) is 0.412. The van der Waals surface area contributed by atoms with Crippen molar-refractivity contribution in [2.24, 2.45) is 5.92 Å². The molecular formula is C17H18Cl2N2O. The number of carbonyl (C=O) groups excluding carboxylic acids is 1. The molecule has 5 heteroatoms. The third-order valence-electron chi connectivity index (χ3n) is 4.06. The summed E-state index contributed by atoms with van der Waals surface area (Å²) < 4.78 is 0. The van der Waals surface area contributed by atoms with E-state index in [2.05, 4.69) is 12.2 Å². The summed E-state index contributed by atoms with van der Waals surface area (Å²) >= 11 is 11.9. The van der Waals surface area contributed by atoms with Gasteiger partial charge in [0.2, 0.25) is 0 Å². The van der Waals surface area contributed by atoms with Crippen LogP contribution in [0.1, 0.15) is 38.2 Å². The molecule has 0 heterocycles. The van der Waals surface area contributed by atoms with Gasteiger partial charge in [-0.15, -0.1) is 0 Å². The minimum absolute atomic E-state index is 0.0574. The first-order valence-electron chi connectivity index (χ1n) is 7.39. The molecule has 1 amide bonds. The average molecular weight is 337 g/mol. The maximum atomic E-state index is 12.3. The number of halogens is 2. The van der Waals surface area contributed by atoms with Crippen molar-refractivity contribution in [1.82, 2.24) is 5.32 Å². The van der Waals surface area contributed by atoms with Crippen LogP contribution in [-0.2, 0) is 4.79 Å². The molecule has 2 rings (SSSR count). The third kappa shape index (κ3) is 4.25. The van der Waals surface area contributed by atoms with Crippen LogP contribution in [0.4, 0.5) is 0 Å². The zero-order valence-corrected chi connectivity index (χ0v) is 13.9. The van der Waals surface area contributed by atoms with Crippen LogP contribution in [0, 0.1) is 17.2 Å². The molecule has 1 aromatic rings. The van der Waals surface area contributed by atoms with E-state index >= 15 is 0 Å². The van der Waals surface area contributed by atoms with Crippen molar-refractivity contribution in [3.8, 4) is 6.07 Å². The second kappa shape index (κ2) is 7.67.